The van der Waals surface area contributed by atoms with Crippen LogP contribution in [0.5, 0.6) is 0 Å². The zero-order valence-electron chi connectivity index (χ0n) is 15.6. The van der Waals surface area contributed by atoms with E-state index in [9.17, 15) is 0 Å². The molecule has 2 aromatic heterocycles. The third-order valence-electron chi connectivity index (χ3n) is 4.53. The molecular weight excluding hydrogens is 455 g/mol. The molecular formula is C20H29IN4O2. The van der Waals surface area contributed by atoms with E-state index in [1.54, 1.807) is 12.5 Å². The van der Waals surface area contributed by atoms with E-state index in [2.05, 4.69) is 22.1 Å². The second kappa shape index (κ2) is 11.9. The summed E-state index contributed by atoms with van der Waals surface area (Å²) >= 11 is 0. The minimum Gasteiger partial charge on any atom is -0.469 e. The molecule has 1 aliphatic rings. The molecule has 0 bridgehead atoms. The van der Waals surface area contributed by atoms with Crippen LogP contribution in [0.25, 0.3) is 0 Å². The average molecular weight is 484 g/mol. The van der Waals surface area contributed by atoms with Crippen LogP contribution in [0.3, 0.4) is 0 Å². The van der Waals surface area contributed by atoms with E-state index in [1.807, 2.05) is 30.3 Å². The summed E-state index contributed by atoms with van der Waals surface area (Å²) in [6.45, 7) is 8.05. The number of hydrogen-bond acceptors (Lipinski definition) is 4. The summed E-state index contributed by atoms with van der Waals surface area (Å²) in [6.07, 6.45) is 8.56. The highest BCUT2D eigenvalue weighted by atomic mass is 127. The summed E-state index contributed by atoms with van der Waals surface area (Å²) in [7, 11) is 0. The van der Waals surface area contributed by atoms with Gasteiger partial charge in [-0.2, -0.15) is 0 Å². The highest BCUT2D eigenvalue weighted by molar-refractivity contribution is 14.0. The van der Waals surface area contributed by atoms with Gasteiger partial charge in [0.25, 0.3) is 0 Å². The lowest BCUT2D eigenvalue weighted by molar-refractivity contribution is 0.221. The second-order valence-corrected chi connectivity index (χ2v) is 6.39. The van der Waals surface area contributed by atoms with Gasteiger partial charge < -0.3 is 19.5 Å². The van der Waals surface area contributed by atoms with Gasteiger partial charge in [-0.1, -0.05) is 6.08 Å². The van der Waals surface area contributed by atoms with E-state index in [1.165, 1.54) is 12.8 Å². The SMILES string of the molecule is C=CCNC(=NCC(c1ccco1)N1CCCC1)NCCc1ccco1.I. The first kappa shape index (κ1) is 21.6. The number of aliphatic imine (C=N–C) groups is 1. The van der Waals surface area contributed by atoms with Gasteiger partial charge >= 0.3 is 0 Å². The maximum atomic E-state index is 5.67. The third kappa shape index (κ3) is 6.73. The largest absolute Gasteiger partial charge is 0.469 e. The fraction of sp³-hybridized carbons (Fsp3) is 0.450. The Morgan fingerprint density at radius 1 is 1.19 bits per heavy atom. The molecule has 1 atom stereocenters. The van der Waals surface area contributed by atoms with Crippen LogP contribution in [0.2, 0.25) is 0 Å². The van der Waals surface area contributed by atoms with Gasteiger partial charge in [-0.25, -0.2) is 0 Å². The van der Waals surface area contributed by atoms with Crippen LogP contribution < -0.4 is 10.6 Å². The van der Waals surface area contributed by atoms with Gasteiger partial charge in [0.05, 0.1) is 25.1 Å². The lowest BCUT2D eigenvalue weighted by Gasteiger charge is -2.24. The van der Waals surface area contributed by atoms with Gasteiger partial charge in [-0.05, 0) is 50.2 Å². The molecule has 1 unspecified atom stereocenters. The Bertz CT molecular complexity index is 664. The molecule has 1 aliphatic heterocycles. The lowest BCUT2D eigenvalue weighted by atomic mass is 10.2. The van der Waals surface area contributed by atoms with Gasteiger partial charge in [0, 0.05) is 19.5 Å². The van der Waals surface area contributed by atoms with E-state index < -0.39 is 0 Å². The van der Waals surface area contributed by atoms with Crippen molar-refractivity contribution in [3.63, 3.8) is 0 Å². The molecule has 3 heterocycles. The Morgan fingerprint density at radius 3 is 2.63 bits per heavy atom. The summed E-state index contributed by atoms with van der Waals surface area (Å²) in [5, 5.41) is 6.65. The molecule has 0 radical (unpaired) electrons. The smallest absolute Gasteiger partial charge is 0.191 e. The maximum Gasteiger partial charge on any atom is 0.191 e. The second-order valence-electron chi connectivity index (χ2n) is 6.39. The van der Waals surface area contributed by atoms with Gasteiger partial charge in [0.1, 0.15) is 11.5 Å². The van der Waals surface area contributed by atoms with Crippen molar-refractivity contribution < 1.29 is 8.83 Å². The number of hydrogen-bond donors (Lipinski definition) is 2. The topological polar surface area (TPSA) is 65.9 Å². The number of furan rings is 2. The minimum absolute atomic E-state index is 0. The number of nitrogens with zero attached hydrogens (tertiary/aromatic N) is 2. The van der Waals surface area contributed by atoms with Crippen LogP contribution in [0.1, 0.15) is 30.4 Å². The molecule has 0 saturated carbocycles. The van der Waals surface area contributed by atoms with Crippen molar-refractivity contribution in [1.29, 1.82) is 0 Å². The fourth-order valence-electron chi connectivity index (χ4n) is 3.20. The highest BCUT2D eigenvalue weighted by Gasteiger charge is 2.25. The molecule has 0 spiro atoms. The highest BCUT2D eigenvalue weighted by Crippen LogP contribution is 2.25. The maximum absolute atomic E-state index is 5.67. The Labute approximate surface area is 178 Å². The first-order valence-electron chi connectivity index (χ1n) is 9.29. The number of nitrogens with one attached hydrogen (secondary N) is 2. The van der Waals surface area contributed by atoms with E-state index in [0.29, 0.717) is 13.1 Å². The molecule has 6 nitrogen and oxygen atoms in total. The average Bonchev–Trinajstić information content (AvgIpc) is 3.42. The zero-order valence-corrected chi connectivity index (χ0v) is 17.9. The molecule has 2 N–H and O–H groups in total. The van der Waals surface area contributed by atoms with Crippen molar-refractivity contribution in [1.82, 2.24) is 15.5 Å². The molecule has 0 amide bonds. The van der Waals surface area contributed by atoms with Crippen molar-refractivity contribution in [3.8, 4) is 0 Å². The van der Waals surface area contributed by atoms with Crippen LogP contribution in [-0.2, 0) is 6.42 Å². The number of rotatable bonds is 9. The first-order chi connectivity index (χ1) is 12.9. The van der Waals surface area contributed by atoms with Crippen molar-refractivity contribution in [3.05, 3.63) is 61.0 Å². The first-order valence-corrected chi connectivity index (χ1v) is 9.29. The van der Waals surface area contributed by atoms with Crippen LogP contribution in [0, 0.1) is 0 Å². The van der Waals surface area contributed by atoms with Gasteiger partial charge in [-0.15, -0.1) is 30.6 Å². The molecule has 0 aliphatic carbocycles. The summed E-state index contributed by atoms with van der Waals surface area (Å²) in [5.41, 5.74) is 0. The van der Waals surface area contributed by atoms with Crippen molar-refractivity contribution in [2.24, 2.45) is 4.99 Å². The molecule has 27 heavy (non-hydrogen) atoms. The quantitative estimate of drug-likeness (QED) is 0.247. The number of guanidine groups is 1. The van der Waals surface area contributed by atoms with E-state index in [-0.39, 0.29) is 30.0 Å². The van der Waals surface area contributed by atoms with Crippen LogP contribution >= 0.6 is 24.0 Å². The third-order valence-corrected chi connectivity index (χ3v) is 4.53. The normalized spacial score (nSPS) is 15.9. The Hall–Kier alpha value is -1.74. The molecule has 3 rings (SSSR count). The Morgan fingerprint density at radius 2 is 1.96 bits per heavy atom. The molecule has 148 valence electrons. The lowest BCUT2D eigenvalue weighted by Crippen LogP contribution is -2.39. The van der Waals surface area contributed by atoms with Crippen molar-refractivity contribution >= 4 is 29.9 Å². The molecule has 7 heteroatoms. The Kier molecular flexibility index (Phi) is 9.47. The molecule has 1 fully saturated rings. The molecule has 2 aromatic rings. The zero-order chi connectivity index (χ0) is 18.0. The minimum atomic E-state index is 0. The molecule has 1 saturated heterocycles. The van der Waals surface area contributed by atoms with E-state index in [4.69, 9.17) is 13.8 Å². The summed E-state index contributed by atoms with van der Waals surface area (Å²) < 4.78 is 11.0. The summed E-state index contributed by atoms with van der Waals surface area (Å²) in [5.74, 6) is 2.73. The fourth-order valence-corrected chi connectivity index (χ4v) is 3.20. The summed E-state index contributed by atoms with van der Waals surface area (Å²) in [4.78, 5) is 7.25. The Balaban J connectivity index is 0.00000261. The van der Waals surface area contributed by atoms with Crippen LogP contribution in [0.4, 0.5) is 0 Å². The van der Waals surface area contributed by atoms with Crippen molar-refractivity contribution in [2.45, 2.75) is 25.3 Å². The van der Waals surface area contributed by atoms with Crippen molar-refractivity contribution in [2.75, 3.05) is 32.7 Å². The van der Waals surface area contributed by atoms with Gasteiger partial charge in [0.2, 0.25) is 0 Å². The number of likely N-dealkylation sites (tertiary alicyclic amines) is 1. The van der Waals surface area contributed by atoms with E-state index in [0.717, 1.165) is 43.5 Å². The predicted octanol–water partition coefficient (Wildman–Crippen LogP) is 3.59. The summed E-state index contributed by atoms with van der Waals surface area (Å²) in [6, 6.07) is 8.06. The number of halogens is 1. The predicted molar refractivity (Wildman–Crippen MR) is 119 cm³/mol. The van der Waals surface area contributed by atoms with Gasteiger partial charge in [-0.3, -0.25) is 9.89 Å². The monoisotopic (exact) mass is 484 g/mol. The van der Waals surface area contributed by atoms with Crippen LogP contribution in [0.15, 0.2) is 63.3 Å². The van der Waals surface area contributed by atoms with Gasteiger partial charge in [0.15, 0.2) is 5.96 Å². The van der Waals surface area contributed by atoms with Crippen LogP contribution in [-0.4, -0.2) is 43.6 Å². The molecule has 0 aromatic carbocycles. The standard InChI is InChI=1S/C20H28N4O2.HI/c1-2-10-21-20(22-11-9-17-7-5-14-25-17)23-16-18(19-8-6-15-26-19)24-12-3-4-13-24;/h2,5-8,14-15,18H,1,3-4,9-13,16H2,(H2,21,22,23);1H. The van der Waals surface area contributed by atoms with E-state index >= 15 is 0 Å².